The lowest BCUT2D eigenvalue weighted by Gasteiger charge is -2.48. The van der Waals surface area contributed by atoms with Gasteiger partial charge in [0.05, 0.1) is 24.8 Å². The SMILES string of the molecule is CN1CC/C=C/[C@H](O[Si](C)(C)C(C)(C)C)[C@@H]2CC[C@H]2CN2C[C@@]3(CCCc4cc(Cl)ccc43)COc3ccc(cc32)[C@@](O)(C(=O)NS(=O)(=O)N(C)C)CC1=O. The molecule has 302 valence electrons. The summed E-state index contributed by atoms with van der Waals surface area (Å²) in [7, 11) is -2.26. The molecule has 55 heavy (non-hydrogen) atoms. The summed E-state index contributed by atoms with van der Waals surface area (Å²) in [6, 6.07) is 11.2. The van der Waals surface area contributed by atoms with Crippen molar-refractivity contribution in [3.63, 3.8) is 0 Å². The Morgan fingerprint density at radius 1 is 1.15 bits per heavy atom. The number of nitrogens with zero attached hydrogens (tertiary/aromatic N) is 3. The molecule has 0 radical (unpaired) electrons. The summed E-state index contributed by atoms with van der Waals surface area (Å²) in [6.07, 6.45) is 8.93. The van der Waals surface area contributed by atoms with E-state index in [2.05, 4.69) is 63.0 Å². The highest BCUT2D eigenvalue weighted by atomic mass is 35.5. The fourth-order valence-corrected chi connectivity index (χ4v) is 10.3. The molecule has 5 atom stereocenters. The number of amides is 2. The van der Waals surface area contributed by atoms with E-state index in [9.17, 15) is 23.1 Å². The third-order valence-corrected chi connectivity index (χ3v) is 19.1. The average Bonchev–Trinajstić information content (AvgIpc) is 3.23. The predicted octanol–water partition coefficient (Wildman–Crippen LogP) is 6.15. The molecule has 2 aromatic carbocycles. The van der Waals surface area contributed by atoms with Crippen molar-refractivity contribution >= 4 is 47.6 Å². The first-order chi connectivity index (χ1) is 25.7. The summed E-state index contributed by atoms with van der Waals surface area (Å²) in [4.78, 5) is 31.6. The number of aliphatic hydroxyl groups is 1. The highest BCUT2D eigenvalue weighted by Gasteiger charge is 2.48. The third kappa shape index (κ3) is 8.38. The summed E-state index contributed by atoms with van der Waals surface area (Å²) in [6.45, 7) is 13.4. The maximum Gasteiger partial charge on any atom is 0.303 e. The lowest BCUT2D eigenvalue weighted by Crippen LogP contribution is -2.52. The van der Waals surface area contributed by atoms with Crippen LogP contribution in [-0.4, -0.2) is 96.3 Å². The van der Waals surface area contributed by atoms with E-state index in [1.165, 1.54) is 30.1 Å². The van der Waals surface area contributed by atoms with Crippen LogP contribution >= 0.6 is 11.6 Å². The first-order valence-corrected chi connectivity index (χ1v) is 24.3. The van der Waals surface area contributed by atoms with Gasteiger partial charge in [0.15, 0.2) is 13.9 Å². The standard InChI is InChI=1S/C41H59ClN4O7SSi/c1-39(2,3)55(7,8)53-35-13-9-10-21-45(6)37(47)24-41(49,38(48)43-54(50,51)44(4)5)30-15-19-36-34(23-30)46(25-29-14-17-32(29)35)26-40(27-52-36)20-11-12-28-22-31(42)16-18-33(28)40/h9,13,15-16,18-19,22-23,29,32,35,49H,10-12,14,17,20-21,24-27H2,1-8H3,(H,43,48)/b13-9+/t29-,32+,35-,40-,41+/m0/s1. The van der Waals surface area contributed by atoms with Crippen LogP contribution in [0.4, 0.5) is 5.69 Å². The number of anilines is 1. The molecule has 1 spiro atoms. The molecule has 2 N–H and O–H groups in total. The molecule has 11 nitrogen and oxygen atoms in total. The van der Waals surface area contributed by atoms with E-state index in [-0.39, 0.29) is 34.0 Å². The average molecular weight is 816 g/mol. The Labute approximate surface area is 333 Å². The number of ether oxygens (including phenoxy) is 1. The van der Waals surface area contributed by atoms with Crippen LogP contribution in [-0.2, 0) is 41.7 Å². The topological polar surface area (TPSA) is 129 Å². The van der Waals surface area contributed by atoms with E-state index in [1.807, 2.05) is 10.8 Å². The Bertz CT molecular complexity index is 1930. The van der Waals surface area contributed by atoms with E-state index >= 15 is 0 Å². The Morgan fingerprint density at radius 3 is 2.56 bits per heavy atom. The highest BCUT2D eigenvalue weighted by Crippen LogP contribution is 2.49. The van der Waals surface area contributed by atoms with Gasteiger partial charge in [-0.2, -0.15) is 12.7 Å². The fourth-order valence-electron chi connectivity index (χ4n) is 8.28. The van der Waals surface area contributed by atoms with Crippen LogP contribution in [0.15, 0.2) is 48.6 Å². The lowest BCUT2D eigenvalue weighted by atomic mass is 9.68. The molecule has 0 unspecified atom stereocenters. The number of hydrogen-bond acceptors (Lipinski definition) is 8. The van der Waals surface area contributed by atoms with Crippen LogP contribution in [0.25, 0.3) is 0 Å². The zero-order chi connectivity index (χ0) is 40.1. The highest BCUT2D eigenvalue weighted by molar-refractivity contribution is 7.87. The van der Waals surface area contributed by atoms with Crippen molar-refractivity contribution in [2.45, 2.75) is 101 Å². The van der Waals surface area contributed by atoms with Gasteiger partial charge >= 0.3 is 10.2 Å². The molecule has 2 aliphatic heterocycles. The van der Waals surface area contributed by atoms with Gasteiger partial charge < -0.3 is 24.1 Å². The summed E-state index contributed by atoms with van der Waals surface area (Å²) >= 11 is 6.50. The first-order valence-electron chi connectivity index (χ1n) is 19.5. The zero-order valence-electron chi connectivity index (χ0n) is 33.7. The van der Waals surface area contributed by atoms with Gasteiger partial charge in [0.1, 0.15) is 5.75 Å². The number of halogens is 1. The number of carbonyl (C=O) groups is 2. The molecular weight excluding hydrogens is 756 g/mol. The second-order valence-corrected chi connectivity index (χ2v) is 25.0. The van der Waals surface area contributed by atoms with E-state index in [1.54, 1.807) is 25.2 Å². The summed E-state index contributed by atoms with van der Waals surface area (Å²) in [5.41, 5.74) is 0.355. The molecule has 4 aliphatic rings. The van der Waals surface area contributed by atoms with Crippen LogP contribution in [0.1, 0.15) is 76.0 Å². The van der Waals surface area contributed by atoms with Crippen molar-refractivity contribution in [2.75, 3.05) is 52.3 Å². The monoisotopic (exact) mass is 814 g/mol. The molecule has 1 fully saturated rings. The number of hydrogen-bond donors (Lipinski definition) is 2. The maximum absolute atomic E-state index is 14.0. The van der Waals surface area contributed by atoms with Crippen molar-refractivity contribution in [1.82, 2.24) is 13.9 Å². The molecular formula is C41H59ClN4O7SSi. The normalized spacial score (nSPS) is 28.4. The number of nitrogens with one attached hydrogen (secondary N) is 1. The molecule has 0 saturated heterocycles. The Hall–Kier alpha value is -2.94. The number of fused-ring (bicyclic) bond motifs is 4. The lowest BCUT2D eigenvalue weighted by molar-refractivity contribution is -0.148. The molecule has 0 aromatic heterocycles. The van der Waals surface area contributed by atoms with Crippen LogP contribution in [0, 0.1) is 11.8 Å². The zero-order valence-corrected chi connectivity index (χ0v) is 36.2. The molecule has 2 aliphatic carbocycles. The summed E-state index contributed by atoms with van der Waals surface area (Å²) in [5, 5.41) is 13.1. The van der Waals surface area contributed by atoms with Gasteiger partial charge in [0, 0.05) is 51.2 Å². The van der Waals surface area contributed by atoms with Gasteiger partial charge in [0.25, 0.3) is 5.91 Å². The molecule has 2 aromatic rings. The molecule has 2 amide bonds. The smallest absolute Gasteiger partial charge is 0.303 e. The van der Waals surface area contributed by atoms with Crippen molar-refractivity contribution in [1.29, 1.82) is 0 Å². The van der Waals surface area contributed by atoms with Crippen molar-refractivity contribution in [3.8, 4) is 5.75 Å². The Morgan fingerprint density at radius 2 is 1.89 bits per heavy atom. The van der Waals surface area contributed by atoms with Crippen LogP contribution in [0.5, 0.6) is 5.75 Å². The van der Waals surface area contributed by atoms with Gasteiger partial charge in [-0.3, -0.25) is 9.59 Å². The van der Waals surface area contributed by atoms with Gasteiger partial charge in [-0.05, 0) is 109 Å². The number of benzene rings is 2. The maximum atomic E-state index is 14.0. The van der Waals surface area contributed by atoms with E-state index < -0.39 is 42.4 Å². The van der Waals surface area contributed by atoms with Crippen LogP contribution in [0.3, 0.4) is 0 Å². The minimum absolute atomic E-state index is 0.0258. The van der Waals surface area contributed by atoms with Crippen molar-refractivity contribution < 1.29 is 32.3 Å². The predicted molar refractivity (Wildman–Crippen MR) is 219 cm³/mol. The van der Waals surface area contributed by atoms with Gasteiger partial charge in [-0.25, -0.2) is 4.72 Å². The van der Waals surface area contributed by atoms with Crippen LogP contribution in [0.2, 0.25) is 23.2 Å². The van der Waals surface area contributed by atoms with E-state index in [0.29, 0.717) is 49.1 Å². The van der Waals surface area contributed by atoms with Crippen LogP contribution < -0.4 is 14.4 Å². The number of carbonyl (C=O) groups excluding carboxylic acids is 2. The quantitative estimate of drug-likeness (QED) is 0.272. The van der Waals surface area contributed by atoms with Gasteiger partial charge in [-0.15, -0.1) is 0 Å². The van der Waals surface area contributed by atoms with Gasteiger partial charge in [-0.1, -0.05) is 56.7 Å². The second kappa shape index (κ2) is 15.4. The molecule has 2 bridgehead atoms. The van der Waals surface area contributed by atoms with Crippen molar-refractivity contribution in [3.05, 3.63) is 70.3 Å². The second-order valence-electron chi connectivity index (χ2n) is 17.9. The van der Waals surface area contributed by atoms with Gasteiger partial charge in [0.2, 0.25) is 5.91 Å². The van der Waals surface area contributed by atoms with E-state index in [4.69, 9.17) is 20.8 Å². The minimum Gasteiger partial charge on any atom is -0.490 e. The fraction of sp³-hybridized carbons (Fsp3) is 0.610. The molecule has 1 saturated carbocycles. The Kier molecular flexibility index (Phi) is 11.7. The summed E-state index contributed by atoms with van der Waals surface area (Å²) < 4.78 is 42.5. The molecule has 14 heteroatoms. The number of aryl methyl sites for hydroxylation is 1. The first kappa shape index (κ1) is 41.7. The van der Waals surface area contributed by atoms with E-state index in [0.717, 1.165) is 36.4 Å². The molecule has 2 heterocycles. The van der Waals surface area contributed by atoms with Crippen molar-refractivity contribution in [2.24, 2.45) is 11.8 Å². The molecule has 6 rings (SSSR count). The third-order valence-electron chi connectivity index (χ3n) is 13.0. The Balaban J connectivity index is 1.48. The minimum atomic E-state index is -4.29. The largest absolute Gasteiger partial charge is 0.490 e. The number of rotatable bonds is 5. The summed E-state index contributed by atoms with van der Waals surface area (Å²) in [5.74, 6) is -0.568.